The highest BCUT2D eigenvalue weighted by Crippen LogP contribution is 2.29. The van der Waals surface area contributed by atoms with E-state index in [-0.39, 0.29) is 11.3 Å². The van der Waals surface area contributed by atoms with E-state index in [0.717, 1.165) is 24.8 Å². The SMILES string of the molecule is CCCCCCCCCCCCCCOC(=O)c1ccc(OC)c(NC(=O)C(C(=O)c2ccc(OC)cc2)n2nnc3c(C)cccc32)c1. The Hall–Kier alpha value is -4.73. The van der Waals surface area contributed by atoms with E-state index in [9.17, 15) is 14.4 Å². The molecule has 0 radical (unpaired) electrons. The third-order valence-electron chi connectivity index (χ3n) is 8.74. The number of carbonyl (C=O) groups excluding carboxylic acids is 3. The van der Waals surface area contributed by atoms with Gasteiger partial charge in [0.2, 0.25) is 0 Å². The van der Waals surface area contributed by atoms with Gasteiger partial charge in [0, 0.05) is 5.56 Å². The number of hydrogen-bond donors (Lipinski definition) is 1. The number of nitrogens with zero attached hydrogens (tertiary/aromatic N) is 3. The Bertz CT molecular complexity index is 1670. The molecule has 0 fully saturated rings. The number of aryl methyl sites for hydroxylation is 1. The van der Waals surface area contributed by atoms with Crippen molar-refractivity contribution >= 4 is 34.4 Å². The van der Waals surface area contributed by atoms with E-state index >= 15 is 0 Å². The molecule has 10 heteroatoms. The summed E-state index contributed by atoms with van der Waals surface area (Å²) >= 11 is 0. The lowest BCUT2D eigenvalue weighted by molar-refractivity contribution is -0.118. The van der Waals surface area contributed by atoms with Crippen LogP contribution in [0.2, 0.25) is 0 Å². The highest BCUT2D eigenvalue weighted by atomic mass is 16.5. The van der Waals surface area contributed by atoms with Gasteiger partial charge in [-0.1, -0.05) is 94.9 Å². The Balaban J connectivity index is 1.39. The Morgan fingerprint density at radius 1 is 0.776 bits per heavy atom. The maximum atomic E-state index is 14.0. The number of ketones is 1. The quantitative estimate of drug-likeness (QED) is 0.0405. The predicted octanol–water partition coefficient (Wildman–Crippen LogP) is 8.68. The lowest BCUT2D eigenvalue weighted by Gasteiger charge is -2.18. The number of hydrogen-bond acceptors (Lipinski definition) is 8. The van der Waals surface area contributed by atoms with Gasteiger partial charge in [-0.3, -0.25) is 9.59 Å². The molecule has 1 heterocycles. The molecule has 1 amide bonds. The first-order chi connectivity index (χ1) is 23.9. The molecule has 49 heavy (non-hydrogen) atoms. The summed E-state index contributed by atoms with van der Waals surface area (Å²) in [5.41, 5.74) is 2.74. The van der Waals surface area contributed by atoms with E-state index in [1.54, 1.807) is 42.5 Å². The minimum Gasteiger partial charge on any atom is -0.497 e. The van der Waals surface area contributed by atoms with Crippen LogP contribution in [-0.4, -0.2) is 53.5 Å². The van der Waals surface area contributed by atoms with E-state index < -0.39 is 23.7 Å². The summed E-state index contributed by atoms with van der Waals surface area (Å²) in [6.07, 6.45) is 14.7. The number of benzene rings is 3. The van der Waals surface area contributed by atoms with Gasteiger partial charge in [0.15, 0.2) is 11.8 Å². The lowest BCUT2D eigenvalue weighted by atomic mass is 10.0. The van der Waals surface area contributed by atoms with E-state index in [4.69, 9.17) is 14.2 Å². The van der Waals surface area contributed by atoms with Crippen LogP contribution in [0, 0.1) is 6.92 Å². The van der Waals surface area contributed by atoms with Crippen molar-refractivity contribution in [3.63, 3.8) is 0 Å². The van der Waals surface area contributed by atoms with Crippen LogP contribution in [0.1, 0.15) is 116 Å². The molecule has 0 spiro atoms. The van der Waals surface area contributed by atoms with Crippen LogP contribution in [-0.2, 0) is 9.53 Å². The Kier molecular flexibility index (Phi) is 14.6. The molecule has 1 N–H and O–H groups in total. The maximum Gasteiger partial charge on any atom is 0.338 e. The summed E-state index contributed by atoms with van der Waals surface area (Å²) in [5, 5.41) is 11.3. The zero-order chi connectivity index (χ0) is 35.0. The first-order valence-corrected chi connectivity index (χ1v) is 17.5. The fourth-order valence-corrected chi connectivity index (χ4v) is 5.87. The molecule has 4 rings (SSSR count). The van der Waals surface area contributed by atoms with Crippen molar-refractivity contribution in [2.45, 2.75) is 96.9 Å². The van der Waals surface area contributed by atoms with Crippen LogP contribution in [0.3, 0.4) is 0 Å². The molecule has 1 atom stereocenters. The van der Waals surface area contributed by atoms with Crippen LogP contribution in [0.25, 0.3) is 11.0 Å². The highest BCUT2D eigenvalue weighted by Gasteiger charge is 2.33. The first kappa shape index (κ1) is 37.1. The van der Waals surface area contributed by atoms with Crippen molar-refractivity contribution in [1.29, 1.82) is 0 Å². The van der Waals surface area contributed by atoms with Crippen LogP contribution in [0.15, 0.2) is 60.7 Å². The fraction of sp³-hybridized carbons (Fsp3) is 0.462. The number of Topliss-reactive ketones (excluding diaryl/α,β-unsaturated/α-hetero) is 1. The Morgan fingerprint density at radius 3 is 2.04 bits per heavy atom. The molecule has 1 aromatic heterocycles. The fourth-order valence-electron chi connectivity index (χ4n) is 5.87. The molecule has 0 aliphatic rings. The molecule has 0 bridgehead atoms. The molecular weight excluding hydrogens is 620 g/mol. The van der Waals surface area contributed by atoms with Gasteiger partial charge in [-0.25, -0.2) is 9.48 Å². The van der Waals surface area contributed by atoms with Gasteiger partial charge in [0.25, 0.3) is 5.91 Å². The molecule has 10 nitrogen and oxygen atoms in total. The van der Waals surface area contributed by atoms with Crippen molar-refractivity contribution in [2.24, 2.45) is 0 Å². The standard InChI is InChI=1S/C39H50N4O6/c1-5-6-7-8-9-10-11-12-13-14-15-16-26-49-39(46)30-22-25-34(48-4)32(27-30)40-38(45)36(37(44)29-20-23-31(47-3)24-21-29)43-33-19-17-18-28(2)35(33)41-42-43/h17-25,27,36H,5-16,26H2,1-4H3,(H,40,45). The number of esters is 1. The van der Waals surface area contributed by atoms with Gasteiger partial charge < -0.3 is 19.5 Å². The van der Waals surface area contributed by atoms with Crippen molar-refractivity contribution in [1.82, 2.24) is 15.0 Å². The average Bonchev–Trinajstić information content (AvgIpc) is 3.55. The van der Waals surface area contributed by atoms with E-state index in [1.165, 1.54) is 82.8 Å². The van der Waals surface area contributed by atoms with E-state index in [1.807, 2.05) is 19.1 Å². The molecule has 3 aromatic carbocycles. The minimum absolute atomic E-state index is 0.223. The van der Waals surface area contributed by atoms with E-state index in [2.05, 4.69) is 22.6 Å². The topological polar surface area (TPSA) is 122 Å². The summed E-state index contributed by atoms with van der Waals surface area (Å²) in [6.45, 7) is 4.45. The molecule has 262 valence electrons. The van der Waals surface area contributed by atoms with Crippen molar-refractivity contribution in [3.8, 4) is 11.5 Å². The van der Waals surface area contributed by atoms with Crippen LogP contribution in [0.5, 0.6) is 11.5 Å². The molecule has 0 saturated carbocycles. The number of aromatic nitrogens is 3. The Morgan fingerprint density at radius 2 is 1.41 bits per heavy atom. The molecule has 1 unspecified atom stereocenters. The largest absolute Gasteiger partial charge is 0.497 e. The molecule has 0 saturated heterocycles. The molecular formula is C39H50N4O6. The average molecular weight is 671 g/mol. The van der Waals surface area contributed by atoms with Gasteiger partial charge in [-0.15, -0.1) is 5.10 Å². The van der Waals surface area contributed by atoms with Crippen molar-refractivity contribution < 1.29 is 28.6 Å². The monoisotopic (exact) mass is 670 g/mol. The number of anilines is 1. The maximum absolute atomic E-state index is 14.0. The summed E-state index contributed by atoms with van der Waals surface area (Å²) in [4.78, 5) is 40.9. The molecule has 0 aliphatic heterocycles. The second kappa shape index (κ2) is 19.3. The summed E-state index contributed by atoms with van der Waals surface area (Å²) in [6, 6.07) is 15.2. The zero-order valence-corrected chi connectivity index (χ0v) is 29.3. The predicted molar refractivity (Wildman–Crippen MR) is 192 cm³/mol. The number of carbonyl (C=O) groups is 3. The number of fused-ring (bicyclic) bond motifs is 1. The minimum atomic E-state index is -1.41. The van der Waals surface area contributed by atoms with Crippen LogP contribution >= 0.6 is 0 Å². The number of ether oxygens (including phenoxy) is 3. The second-order valence-corrected chi connectivity index (χ2v) is 12.4. The van der Waals surface area contributed by atoms with Crippen molar-refractivity contribution in [3.05, 3.63) is 77.4 Å². The number of amides is 1. The normalized spacial score (nSPS) is 11.7. The second-order valence-electron chi connectivity index (χ2n) is 12.4. The summed E-state index contributed by atoms with van der Waals surface area (Å²) < 4.78 is 17.6. The van der Waals surface area contributed by atoms with Gasteiger partial charge in [0.1, 0.15) is 17.0 Å². The molecule has 4 aromatic rings. The number of unbranched alkanes of at least 4 members (excludes halogenated alkanes) is 11. The van der Waals surface area contributed by atoms with Gasteiger partial charge >= 0.3 is 5.97 Å². The van der Waals surface area contributed by atoms with Crippen LogP contribution in [0.4, 0.5) is 5.69 Å². The van der Waals surface area contributed by atoms with Gasteiger partial charge in [-0.2, -0.15) is 0 Å². The zero-order valence-electron chi connectivity index (χ0n) is 29.3. The first-order valence-electron chi connectivity index (χ1n) is 17.5. The highest BCUT2D eigenvalue weighted by molar-refractivity contribution is 6.16. The third kappa shape index (κ3) is 10.4. The van der Waals surface area contributed by atoms with Gasteiger partial charge in [-0.05, 0) is 67.4 Å². The van der Waals surface area contributed by atoms with Crippen molar-refractivity contribution in [2.75, 3.05) is 26.1 Å². The van der Waals surface area contributed by atoms with Crippen LogP contribution < -0.4 is 14.8 Å². The summed E-state index contributed by atoms with van der Waals surface area (Å²) in [5.74, 6) is -0.767. The Labute approximate surface area is 289 Å². The lowest BCUT2D eigenvalue weighted by Crippen LogP contribution is -2.33. The van der Waals surface area contributed by atoms with Gasteiger partial charge in [0.05, 0.1) is 37.6 Å². The number of methoxy groups -OCH3 is 2. The smallest absolute Gasteiger partial charge is 0.338 e. The number of rotatable bonds is 21. The molecule has 0 aliphatic carbocycles. The van der Waals surface area contributed by atoms with E-state index in [0.29, 0.717) is 34.7 Å². The third-order valence-corrected chi connectivity index (χ3v) is 8.74. The number of nitrogens with one attached hydrogen (secondary N) is 1. The summed E-state index contributed by atoms with van der Waals surface area (Å²) in [7, 11) is 3.00.